The van der Waals surface area contributed by atoms with Crippen LogP contribution in [0.2, 0.25) is 0 Å². The smallest absolute Gasteiger partial charge is 0.269 e. The molecule has 0 bridgehead atoms. The summed E-state index contributed by atoms with van der Waals surface area (Å²) in [4.78, 5) is 10.7. The van der Waals surface area contributed by atoms with Gasteiger partial charge in [-0.2, -0.15) is 0 Å². The number of aromatic nitrogens is 2. The van der Waals surface area contributed by atoms with Crippen LogP contribution in [0.1, 0.15) is 24.3 Å². The Kier molecular flexibility index (Phi) is 3.21. The summed E-state index contributed by atoms with van der Waals surface area (Å²) in [6.45, 7) is 4.36. The highest BCUT2D eigenvalue weighted by atomic mass is 16.1. The van der Waals surface area contributed by atoms with Gasteiger partial charge in [-0.25, -0.2) is 0 Å². The number of carbonyl (C=O) groups excluding carboxylic acids is 1. The first-order valence-electron chi connectivity index (χ1n) is 4.55. The van der Waals surface area contributed by atoms with Crippen LogP contribution in [0, 0.1) is 0 Å². The second kappa shape index (κ2) is 4.22. The summed E-state index contributed by atoms with van der Waals surface area (Å²) in [5, 5.41) is 10.4. The van der Waals surface area contributed by atoms with E-state index in [0.717, 1.165) is 0 Å². The summed E-state index contributed by atoms with van der Waals surface area (Å²) in [5.74, 6) is -0.0215. The molecule has 1 aromatic heterocycles. The van der Waals surface area contributed by atoms with E-state index in [9.17, 15) is 4.79 Å². The predicted octanol–water partition coefficient (Wildman–Crippen LogP) is -0.275. The molecule has 0 aromatic carbocycles. The first-order chi connectivity index (χ1) is 6.88. The second-order valence-electron chi connectivity index (χ2n) is 4.01. The van der Waals surface area contributed by atoms with Crippen molar-refractivity contribution in [3.05, 3.63) is 17.8 Å². The number of hydrogen-bond donors (Lipinski definition) is 3. The SMILES string of the molecule is CC(C)(N)CNc1ccc(C(N)=O)nn1. The Labute approximate surface area is 88.1 Å². The van der Waals surface area contributed by atoms with E-state index >= 15 is 0 Å². The molecule has 0 atom stereocenters. The summed E-state index contributed by atoms with van der Waals surface area (Å²) < 4.78 is 0. The number of nitrogens with zero attached hydrogens (tertiary/aromatic N) is 2. The molecule has 0 unspecified atom stereocenters. The summed E-state index contributed by atoms with van der Waals surface area (Å²) in [5.41, 5.74) is 10.6. The third-order valence-corrected chi connectivity index (χ3v) is 1.64. The van der Waals surface area contributed by atoms with E-state index in [1.807, 2.05) is 13.8 Å². The number of primary amides is 1. The van der Waals surface area contributed by atoms with Gasteiger partial charge in [0.05, 0.1) is 0 Å². The van der Waals surface area contributed by atoms with Crippen molar-refractivity contribution in [3.63, 3.8) is 0 Å². The lowest BCUT2D eigenvalue weighted by Crippen LogP contribution is -2.39. The maximum atomic E-state index is 10.7. The van der Waals surface area contributed by atoms with Gasteiger partial charge in [-0.15, -0.1) is 10.2 Å². The van der Waals surface area contributed by atoms with E-state index in [1.54, 1.807) is 6.07 Å². The lowest BCUT2D eigenvalue weighted by atomic mass is 10.1. The molecule has 6 nitrogen and oxygen atoms in total. The van der Waals surface area contributed by atoms with Crippen molar-refractivity contribution in [2.24, 2.45) is 11.5 Å². The molecule has 6 heteroatoms. The van der Waals surface area contributed by atoms with Crippen molar-refractivity contribution >= 4 is 11.7 Å². The van der Waals surface area contributed by atoms with Crippen molar-refractivity contribution in [3.8, 4) is 0 Å². The molecule has 0 aliphatic rings. The molecule has 0 spiro atoms. The number of rotatable bonds is 4. The van der Waals surface area contributed by atoms with Crippen molar-refractivity contribution < 1.29 is 4.79 Å². The minimum absolute atomic E-state index is 0.146. The molecule has 1 amide bonds. The normalized spacial score (nSPS) is 11.1. The molecule has 15 heavy (non-hydrogen) atoms. The Morgan fingerprint density at radius 1 is 1.47 bits per heavy atom. The van der Waals surface area contributed by atoms with Gasteiger partial charge < -0.3 is 16.8 Å². The predicted molar refractivity (Wildman–Crippen MR) is 57.3 cm³/mol. The molecule has 0 saturated carbocycles. The fourth-order valence-electron chi connectivity index (χ4n) is 0.876. The first kappa shape index (κ1) is 11.4. The minimum Gasteiger partial charge on any atom is -0.367 e. The van der Waals surface area contributed by atoms with E-state index in [-0.39, 0.29) is 11.2 Å². The largest absolute Gasteiger partial charge is 0.367 e. The molecule has 0 aliphatic heterocycles. The van der Waals surface area contributed by atoms with Crippen LogP contribution < -0.4 is 16.8 Å². The molecule has 1 aromatic rings. The Bertz CT molecular complexity index is 341. The Morgan fingerprint density at radius 3 is 2.53 bits per heavy atom. The first-order valence-corrected chi connectivity index (χ1v) is 4.55. The lowest BCUT2D eigenvalue weighted by Gasteiger charge is -2.18. The quantitative estimate of drug-likeness (QED) is 0.632. The zero-order chi connectivity index (χ0) is 11.5. The highest BCUT2D eigenvalue weighted by molar-refractivity contribution is 5.90. The Balaban J connectivity index is 2.61. The fraction of sp³-hybridized carbons (Fsp3) is 0.444. The van der Waals surface area contributed by atoms with Crippen LogP contribution in [0.5, 0.6) is 0 Å². The number of nitrogens with two attached hydrogens (primary N) is 2. The molecule has 0 saturated heterocycles. The summed E-state index contributed by atoms with van der Waals surface area (Å²) in [6, 6.07) is 3.15. The Hall–Kier alpha value is -1.69. The molecule has 1 heterocycles. The van der Waals surface area contributed by atoms with Gasteiger partial charge in [-0.1, -0.05) is 0 Å². The lowest BCUT2D eigenvalue weighted by molar-refractivity contribution is 0.0994. The second-order valence-corrected chi connectivity index (χ2v) is 4.01. The van der Waals surface area contributed by atoms with E-state index in [0.29, 0.717) is 12.4 Å². The number of anilines is 1. The highest BCUT2D eigenvalue weighted by Gasteiger charge is 2.10. The van der Waals surface area contributed by atoms with E-state index < -0.39 is 5.91 Å². The monoisotopic (exact) mass is 209 g/mol. The van der Waals surface area contributed by atoms with E-state index in [4.69, 9.17) is 11.5 Å². The summed E-state index contributed by atoms with van der Waals surface area (Å²) in [7, 11) is 0. The molecular weight excluding hydrogens is 194 g/mol. The highest BCUT2D eigenvalue weighted by Crippen LogP contribution is 2.04. The Morgan fingerprint density at radius 2 is 2.13 bits per heavy atom. The average molecular weight is 209 g/mol. The van der Waals surface area contributed by atoms with Crippen LogP contribution in [0.3, 0.4) is 0 Å². The minimum atomic E-state index is -0.590. The average Bonchev–Trinajstić information content (AvgIpc) is 2.14. The standard InChI is InChI=1S/C9H15N5O/c1-9(2,11)5-12-7-4-3-6(8(10)15)13-14-7/h3-4H,5,11H2,1-2H3,(H2,10,15)(H,12,14). The van der Waals surface area contributed by atoms with Crippen LogP contribution in [0.15, 0.2) is 12.1 Å². The zero-order valence-electron chi connectivity index (χ0n) is 8.82. The van der Waals surface area contributed by atoms with Gasteiger partial charge in [-0.05, 0) is 26.0 Å². The van der Waals surface area contributed by atoms with Crippen molar-refractivity contribution in [1.29, 1.82) is 0 Å². The molecule has 82 valence electrons. The van der Waals surface area contributed by atoms with Crippen molar-refractivity contribution in [2.75, 3.05) is 11.9 Å². The van der Waals surface area contributed by atoms with Gasteiger partial charge in [0.15, 0.2) is 5.69 Å². The third-order valence-electron chi connectivity index (χ3n) is 1.64. The van der Waals surface area contributed by atoms with Gasteiger partial charge in [0.2, 0.25) is 0 Å². The van der Waals surface area contributed by atoms with Gasteiger partial charge in [0.1, 0.15) is 5.82 Å². The molecule has 0 radical (unpaired) electrons. The summed E-state index contributed by atoms with van der Waals surface area (Å²) >= 11 is 0. The molecular formula is C9H15N5O. The maximum Gasteiger partial charge on any atom is 0.269 e. The van der Waals surface area contributed by atoms with Crippen LogP contribution in [0.4, 0.5) is 5.82 Å². The van der Waals surface area contributed by atoms with Gasteiger partial charge in [0, 0.05) is 12.1 Å². The molecule has 0 fully saturated rings. The fourth-order valence-corrected chi connectivity index (χ4v) is 0.876. The number of nitrogens with one attached hydrogen (secondary N) is 1. The summed E-state index contributed by atoms with van der Waals surface area (Å²) in [6.07, 6.45) is 0. The van der Waals surface area contributed by atoms with Crippen molar-refractivity contribution in [2.45, 2.75) is 19.4 Å². The van der Waals surface area contributed by atoms with Crippen LogP contribution in [-0.2, 0) is 0 Å². The van der Waals surface area contributed by atoms with Crippen LogP contribution in [-0.4, -0.2) is 28.2 Å². The molecule has 1 rings (SSSR count). The van der Waals surface area contributed by atoms with Gasteiger partial charge >= 0.3 is 0 Å². The topological polar surface area (TPSA) is 107 Å². The number of carbonyl (C=O) groups is 1. The molecule has 5 N–H and O–H groups in total. The van der Waals surface area contributed by atoms with Crippen LogP contribution in [0.25, 0.3) is 0 Å². The van der Waals surface area contributed by atoms with E-state index in [2.05, 4.69) is 15.5 Å². The van der Waals surface area contributed by atoms with Gasteiger partial charge in [-0.3, -0.25) is 4.79 Å². The molecule has 0 aliphatic carbocycles. The number of hydrogen-bond acceptors (Lipinski definition) is 5. The number of amides is 1. The van der Waals surface area contributed by atoms with Crippen LogP contribution >= 0.6 is 0 Å². The third kappa shape index (κ3) is 3.90. The zero-order valence-corrected chi connectivity index (χ0v) is 8.82. The maximum absolute atomic E-state index is 10.7. The van der Waals surface area contributed by atoms with Gasteiger partial charge in [0.25, 0.3) is 5.91 Å². The van der Waals surface area contributed by atoms with E-state index in [1.165, 1.54) is 6.07 Å². The van der Waals surface area contributed by atoms with Crippen molar-refractivity contribution in [1.82, 2.24) is 10.2 Å².